The van der Waals surface area contributed by atoms with Crippen molar-refractivity contribution < 1.29 is 0 Å². The maximum atomic E-state index is 4.25. The minimum absolute atomic E-state index is 1.11. The van der Waals surface area contributed by atoms with Crippen molar-refractivity contribution in [3.05, 3.63) is 35.2 Å². The standard InChI is InChI=1S/C11H15N/c1-8(2)9(3)11-6-5-7-12-10(11)4/h5-7H,1-4H3. The second-order valence-corrected chi connectivity index (χ2v) is 3.26. The Balaban J connectivity index is 3.21. The Morgan fingerprint density at radius 3 is 2.42 bits per heavy atom. The number of hydrogen-bond donors (Lipinski definition) is 0. The van der Waals surface area contributed by atoms with Gasteiger partial charge in [0.1, 0.15) is 0 Å². The molecule has 0 radical (unpaired) electrons. The second kappa shape index (κ2) is 3.53. The van der Waals surface area contributed by atoms with Crippen LogP contribution < -0.4 is 0 Å². The molecule has 0 aliphatic heterocycles. The van der Waals surface area contributed by atoms with Crippen LogP contribution in [0, 0.1) is 6.92 Å². The first-order valence-electron chi connectivity index (χ1n) is 4.19. The maximum Gasteiger partial charge on any atom is 0.0447 e. The van der Waals surface area contributed by atoms with E-state index < -0.39 is 0 Å². The van der Waals surface area contributed by atoms with Crippen molar-refractivity contribution >= 4 is 5.57 Å². The Morgan fingerprint density at radius 1 is 1.25 bits per heavy atom. The Hall–Kier alpha value is -1.11. The van der Waals surface area contributed by atoms with Crippen LogP contribution >= 0.6 is 0 Å². The third kappa shape index (κ3) is 1.73. The van der Waals surface area contributed by atoms with Crippen molar-refractivity contribution in [2.24, 2.45) is 0 Å². The van der Waals surface area contributed by atoms with E-state index in [0.29, 0.717) is 0 Å². The van der Waals surface area contributed by atoms with E-state index in [1.165, 1.54) is 16.7 Å². The van der Waals surface area contributed by atoms with Gasteiger partial charge in [0.2, 0.25) is 0 Å². The van der Waals surface area contributed by atoms with E-state index in [1.807, 2.05) is 19.2 Å². The Labute approximate surface area is 74.2 Å². The summed E-state index contributed by atoms with van der Waals surface area (Å²) in [7, 11) is 0. The summed E-state index contributed by atoms with van der Waals surface area (Å²) in [6.07, 6.45) is 1.83. The lowest BCUT2D eigenvalue weighted by Gasteiger charge is -2.06. The molecule has 1 rings (SSSR count). The second-order valence-electron chi connectivity index (χ2n) is 3.26. The highest BCUT2D eigenvalue weighted by Crippen LogP contribution is 2.19. The van der Waals surface area contributed by atoms with Gasteiger partial charge in [0.15, 0.2) is 0 Å². The summed E-state index contributed by atoms with van der Waals surface area (Å²) < 4.78 is 0. The molecule has 0 aliphatic carbocycles. The molecule has 1 heterocycles. The minimum Gasteiger partial charge on any atom is -0.261 e. The molecule has 0 saturated heterocycles. The highest BCUT2D eigenvalue weighted by atomic mass is 14.7. The molecule has 0 fully saturated rings. The third-order valence-electron chi connectivity index (χ3n) is 2.16. The molecule has 1 aromatic rings. The van der Waals surface area contributed by atoms with Crippen molar-refractivity contribution in [3.63, 3.8) is 0 Å². The van der Waals surface area contributed by atoms with Gasteiger partial charge >= 0.3 is 0 Å². The van der Waals surface area contributed by atoms with Crippen molar-refractivity contribution in [2.45, 2.75) is 27.7 Å². The zero-order valence-electron chi connectivity index (χ0n) is 8.18. The molecule has 0 saturated carbocycles. The van der Waals surface area contributed by atoms with E-state index in [0.717, 1.165) is 5.69 Å². The van der Waals surface area contributed by atoms with Gasteiger partial charge in [-0.2, -0.15) is 0 Å². The van der Waals surface area contributed by atoms with E-state index in [2.05, 4.69) is 31.8 Å². The zero-order valence-corrected chi connectivity index (χ0v) is 8.18. The van der Waals surface area contributed by atoms with Gasteiger partial charge in [-0.05, 0) is 44.9 Å². The van der Waals surface area contributed by atoms with Crippen molar-refractivity contribution in [1.82, 2.24) is 4.98 Å². The average Bonchev–Trinajstić information content (AvgIpc) is 2.04. The lowest BCUT2D eigenvalue weighted by molar-refractivity contribution is 1.17. The number of rotatable bonds is 1. The summed E-state index contributed by atoms with van der Waals surface area (Å²) in [5.74, 6) is 0. The van der Waals surface area contributed by atoms with Gasteiger partial charge in [-0.1, -0.05) is 11.6 Å². The van der Waals surface area contributed by atoms with Crippen LogP contribution in [-0.2, 0) is 0 Å². The van der Waals surface area contributed by atoms with E-state index in [1.54, 1.807) is 0 Å². The molecular formula is C11H15N. The van der Waals surface area contributed by atoms with Crippen LogP contribution in [0.4, 0.5) is 0 Å². The van der Waals surface area contributed by atoms with Crippen LogP contribution in [0.3, 0.4) is 0 Å². The molecule has 1 aromatic heterocycles. The summed E-state index contributed by atoms with van der Waals surface area (Å²) in [4.78, 5) is 4.25. The van der Waals surface area contributed by atoms with Crippen molar-refractivity contribution in [1.29, 1.82) is 0 Å². The lowest BCUT2D eigenvalue weighted by atomic mass is 10.0. The molecule has 1 nitrogen and oxygen atoms in total. The highest BCUT2D eigenvalue weighted by Gasteiger charge is 2.00. The van der Waals surface area contributed by atoms with Crippen LogP contribution in [0.5, 0.6) is 0 Å². The van der Waals surface area contributed by atoms with Gasteiger partial charge in [-0.15, -0.1) is 0 Å². The van der Waals surface area contributed by atoms with Crippen molar-refractivity contribution in [3.8, 4) is 0 Å². The first-order chi connectivity index (χ1) is 5.63. The quantitative estimate of drug-likeness (QED) is 0.616. The number of aromatic nitrogens is 1. The molecule has 64 valence electrons. The lowest BCUT2D eigenvalue weighted by Crippen LogP contribution is -1.89. The summed E-state index contributed by atoms with van der Waals surface area (Å²) in [6, 6.07) is 4.10. The van der Waals surface area contributed by atoms with Gasteiger partial charge < -0.3 is 0 Å². The van der Waals surface area contributed by atoms with Gasteiger partial charge in [0.05, 0.1) is 0 Å². The van der Waals surface area contributed by atoms with Gasteiger partial charge in [0, 0.05) is 11.9 Å². The SMILES string of the molecule is CC(C)=C(C)c1cccnc1C. The molecule has 0 aliphatic rings. The zero-order chi connectivity index (χ0) is 9.14. The summed E-state index contributed by atoms with van der Waals surface area (Å²) in [5.41, 5.74) is 5.06. The molecule has 12 heavy (non-hydrogen) atoms. The van der Waals surface area contributed by atoms with E-state index in [4.69, 9.17) is 0 Å². The topological polar surface area (TPSA) is 12.9 Å². The van der Waals surface area contributed by atoms with Crippen molar-refractivity contribution in [2.75, 3.05) is 0 Å². The largest absolute Gasteiger partial charge is 0.261 e. The van der Waals surface area contributed by atoms with Crippen LogP contribution in [0.2, 0.25) is 0 Å². The normalized spacial score (nSPS) is 9.67. The number of aryl methyl sites for hydroxylation is 1. The molecule has 0 spiro atoms. The predicted octanol–water partition coefficient (Wildman–Crippen LogP) is 3.20. The van der Waals surface area contributed by atoms with E-state index in [-0.39, 0.29) is 0 Å². The maximum absolute atomic E-state index is 4.25. The van der Waals surface area contributed by atoms with Crippen LogP contribution in [0.15, 0.2) is 23.9 Å². The Morgan fingerprint density at radius 2 is 1.92 bits per heavy atom. The molecule has 0 unspecified atom stereocenters. The fourth-order valence-electron chi connectivity index (χ4n) is 1.15. The fourth-order valence-corrected chi connectivity index (χ4v) is 1.15. The average molecular weight is 161 g/mol. The van der Waals surface area contributed by atoms with Gasteiger partial charge in [-0.25, -0.2) is 0 Å². The first-order valence-corrected chi connectivity index (χ1v) is 4.19. The van der Waals surface area contributed by atoms with Crippen LogP contribution in [-0.4, -0.2) is 4.98 Å². The number of pyridine rings is 1. The summed E-state index contributed by atoms with van der Waals surface area (Å²) in [5, 5.41) is 0. The van der Waals surface area contributed by atoms with Crippen LogP contribution in [0.1, 0.15) is 32.0 Å². The molecule has 0 N–H and O–H groups in total. The highest BCUT2D eigenvalue weighted by molar-refractivity contribution is 5.67. The first kappa shape index (κ1) is 8.98. The molecule has 0 atom stereocenters. The molecule has 1 heteroatoms. The van der Waals surface area contributed by atoms with Gasteiger partial charge in [-0.3, -0.25) is 4.98 Å². The van der Waals surface area contributed by atoms with Gasteiger partial charge in [0.25, 0.3) is 0 Å². The van der Waals surface area contributed by atoms with E-state index in [9.17, 15) is 0 Å². The molecular weight excluding hydrogens is 146 g/mol. The Bertz CT molecular complexity index is 307. The third-order valence-corrected chi connectivity index (χ3v) is 2.16. The monoisotopic (exact) mass is 161 g/mol. The van der Waals surface area contributed by atoms with Crippen LogP contribution in [0.25, 0.3) is 5.57 Å². The Kier molecular flexibility index (Phi) is 2.64. The predicted molar refractivity (Wildman–Crippen MR) is 52.9 cm³/mol. The summed E-state index contributed by atoms with van der Waals surface area (Å²) >= 11 is 0. The summed E-state index contributed by atoms with van der Waals surface area (Å²) in [6.45, 7) is 8.44. The molecule has 0 bridgehead atoms. The fraction of sp³-hybridized carbons (Fsp3) is 0.364. The number of hydrogen-bond acceptors (Lipinski definition) is 1. The number of allylic oxidation sites excluding steroid dienone is 2. The smallest absolute Gasteiger partial charge is 0.0447 e. The number of nitrogens with zero attached hydrogens (tertiary/aromatic N) is 1. The molecule has 0 amide bonds. The molecule has 0 aromatic carbocycles. The van der Waals surface area contributed by atoms with E-state index >= 15 is 0 Å². The minimum atomic E-state index is 1.11.